The Labute approximate surface area is 117 Å². The van der Waals surface area contributed by atoms with Gasteiger partial charge in [0.2, 0.25) is 5.91 Å². The van der Waals surface area contributed by atoms with Crippen molar-refractivity contribution in [3.63, 3.8) is 0 Å². The molecule has 6 nitrogen and oxygen atoms in total. The Bertz CT molecular complexity index is 496. The molecule has 4 N–H and O–H groups in total. The van der Waals surface area contributed by atoms with Crippen LogP contribution in [-0.2, 0) is 16.0 Å². The van der Waals surface area contributed by atoms with E-state index in [9.17, 15) is 14.4 Å². The van der Waals surface area contributed by atoms with Crippen LogP contribution in [0.15, 0.2) is 24.3 Å². The molecule has 0 saturated heterocycles. The number of rotatable bonds is 7. The van der Waals surface area contributed by atoms with Crippen molar-refractivity contribution in [3.05, 3.63) is 35.4 Å². The number of nitrogens with two attached hydrogens (primary N) is 1. The first kappa shape index (κ1) is 15.7. The van der Waals surface area contributed by atoms with Crippen LogP contribution >= 0.6 is 0 Å². The lowest BCUT2D eigenvalue weighted by molar-refractivity contribution is -0.136. The Morgan fingerprint density at radius 2 is 1.85 bits per heavy atom. The number of nitrogens with one attached hydrogen (secondary N) is 1. The van der Waals surface area contributed by atoms with Crippen LogP contribution in [0.3, 0.4) is 0 Å². The molecule has 0 aliphatic carbocycles. The summed E-state index contributed by atoms with van der Waals surface area (Å²) in [7, 11) is 0. The summed E-state index contributed by atoms with van der Waals surface area (Å²) < 4.78 is 0. The highest BCUT2D eigenvalue weighted by Crippen LogP contribution is 2.10. The molecule has 1 aromatic rings. The molecule has 1 atom stereocenters. The lowest BCUT2D eigenvalue weighted by atomic mass is 9.99. The van der Waals surface area contributed by atoms with Crippen LogP contribution in [0.2, 0.25) is 0 Å². The van der Waals surface area contributed by atoms with Crippen molar-refractivity contribution in [1.29, 1.82) is 0 Å². The van der Waals surface area contributed by atoms with E-state index in [1.165, 1.54) is 0 Å². The molecule has 0 fully saturated rings. The first-order valence-electron chi connectivity index (χ1n) is 6.28. The van der Waals surface area contributed by atoms with Crippen LogP contribution in [0, 0.1) is 5.92 Å². The van der Waals surface area contributed by atoms with Gasteiger partial charge in [0.05, 0.1) is 6.42 Å². The number of carboxylic acid groups (broad SMARTS) is 1. The molecular weight excluding hydrogens is 260 g/mol. The number of hydrogen-bond donors (Lipinski definition) is 3. The summed E-state index contributed by atoms with van der Waals surface area (Å²) in [5.41, 5.74) is 6.56. The summed E-state index contributed by atoms with van der Waals surface area (Å²) in [5, 5.41) is 11.0. The van der Waals surface area contributed by atoms with E-state index in [1.807, 2.05) is 0 Å². The minimum atomic E-state index is -0.957. The normalized spacial score (nSPS) is 11.7. The molecule has 108 valence electrons. The predicted octanol–water partition coefficient (Wildman–Crippen LogP) is 0.555. The van der Waals surface area contributed by atoms with E-state index in [2.05, 4.69) is 5.32 Å². The minimum Gasteiger partial charge on any atom is -0.481 e. The van der Waals surface area contributed by atoms with E-state index in [0.29, 0.717) is 12.0 Å². The third-order valence-electron chi connectivity index (χ3n) is 2.87. The molecule has 1 rings (SSSR count). The molecule has 0 aliphatic rings. The standard InChI is InChI=1S/C14H18N2O4/c1-9(13(15)19)8-10-2-4-11(5-3-10)14(20)16-7-6-12(17)18/h2-5,9H,6-8H2,1H3,(H2,15,19)(H,16,20)(H,17,18). The van der Waals surface area contributed by atoms with Gasteiger partial charge < -0.3 is 16.2 Å². The molecule has 1 unspecified atom stereocenters. The Balaban J connectivity index is 2.55. The van der Waals surface area contributed by atoms with Gasteiger partial charge in [0.15, 0.2) is 0 Å². The summed E-state index contributed by atoms with van der Waals surface area (Å²) in [6.07, 6.45) is 0.413. The van der Waals surface area contributed by atoms with Gasteiger partial charge in [-0.2, -0.15) is 0 Å². The Kier molecular flexibility index (Phi) is 5.71. The van der Waals surface area contributed by atoms with Gasteiger partial charge in [-0.3, -0.25) is 14.4 Å². The fraction of sp³-hybridized carbons (Fsp3) is 0.357. The zero-order valence-electron chi connectivity index (χ0n) is 11.3. The SMILES string of the molecule is CC(Cc1ccc(C(=O)NCCC(=O)O)cc1)C(N)=O. The van der Waals surface area contributed by atoms with Crippen molar-refractivity contribution in [3.8, 4) is 0 Å². The van der Waals surface area contributed by atoms with Gasteiger partial charge in [-0.1, -0.05) is 19.1 Å². The van der Waals surface area contributed by atoms with E-state index in [1.54, 1.807) is 31.2 Å². The van der Waals surface area contributed by atoms with Crippen molar-refractivity contribution in [2.45, 2.75) is 19.8 Å². The molecule has 0 aliphatic heterocycles. The van der Waals surface area contributed by atoms with Gasteiger partial charge in [-0.15, -0.1) is 0 Å². The van der Waals surface area contributed by atoms with Crippen LogP contribution in [0.5, 0.6) is 0 Å². The summed E-state index contributed by atoms with van der Waals surface area (Å²) in [5.74, 6) is -1.90. The third kappa shape index (κ3) is 5.09. The lowest BCUT2D eigenvalue weighted by Crippen LogP contribution is -2.26. The third-order valence-corrected chi connectivity index (χ3v) is 2.87. The van der Waals surface area contributed by atoms with Crippen molar-refractivity contribution < 1.29 is 19.5 Å². The van der Waals surface area contributed by atoms with Crippen LogP contribution in [0.1, 0.15) is 29.3 Å². The van der Waals surface area contributed by atoms with Crippen LogP contribution in [0.25, 0.3) is 0 Å². The Morgan fingerprint density at radius 1 is 1.25 bits per heavy atom. The number of aliphatic carboxylic acids is 1. The van der Waals surface area contributed by atoms with E-state index < -0.39 is 5.97 Å². The second-order valence-electron chi connectivity index (χ2n) is 4.60. The average molecular weight is 278 g/mol. The van der Waals surface area contributed by atoms with Gasteiger partial charge in [0.25, 0.3) is 5.91 Å². The fourth-order valence-corrected chi connectivity index (χ4v) is 1.63. The summed E-state index contributed by atoms with van der Waals surface area (Å²) in [4.78, 5) is 33.0. The first-order chi connectivity index (χ1) is 9.40. The molecule has 0 radical (unpaired) electrons. The molecule has 6 heteroatoms. The number of benzene rings is 1. The molecule has 0 heterocycles. The van der Waals surface area contributed by atoms with Gasteiger partial charge >= 0.3 is 5.97 Å². The zero-order chi connectivity index (χ0) is 15.1. The molecule has 0 bridgehead atoms. The van der Waals surface area contributed by atoms with Crippen molar-refractivity contribution in [2.24, 2.45) is 11.7 Å². The average Bonchev–Trinajstić information content (AvgIpc) is 2.38. The fourth-order valence-electron chi connectivity index (χ4n) is 1.63. The number of carboxylic acids is 1. The summed E-state index contributed by atoms with van der Waals surface area (Å²) in [6, 6.07) is 6.79. The maximum atomic E-state index is 11.7. The number of amides is 2. The zero-order valence-corrected chi connectivity index (χ0v) is 11.3. The van der Waals surface area contributed by atoms with Gasteiger partial charge in [0, 0.05) is 18.0 Å². The number of primary amides is 1. The van der Waals surface area contributed by atoms with Crippen LogP contribution in [-0.4, -0.2) is 29.4 Å². The maximum absolute atomic E-state index is 11.7. The highest BCUT2D eigenvalue weighted by Gasteiger charge is 2.10. The summed E-state index contributed by atoms with van der Waals surface area (Å²) in [6.45, 7) is 1.84. The van der Waals surface area contributed by atoms with E-state index in [4.69, 9.17) is 10.8 Å². The second kappa shape index (κ2) is 7.28. The van der Waals surface area contributed by atoms with E-state index >= 15 is 0 Å². The monoisotopic (exact) mass is 278 g/mol. The molecule has 0 spiro atoms. The van der Waals surface area contributed by atoms with Crippen LogP contribution < -0.4 is 11.1 Å². The van der Waals surface area contributed by atoms with Crippen molar-refractivity contribution in [1.82, 2.24) is 5.32 Å². The molecule has 2 amide bonds. The molecular formula is C14H18N2O4. The molecule has 0 saturated carbocycles. The Morgan fingerprint density at radius 3 is 2.35 bits per heavy atom. The number of hydrogen-bond acceptors (Lipinski definition) is 3. The van der Waals surface area contributed by atoms with Gasteiger partial charge in [-0.25, -0.2) is 0 Å². The first-order valence-corrected chi connectivity index (χ1v) is 6.28. The molecule has 0 aromatic heterocycles. The van der Waals surface area contributed by atoms with Crippen molar-refractivity contribution in [2.75, 3.05) is 6.54 Å². The lowest BCUT2D eigenvalue weighted by Gasteiger charge is -2.08. The number of carbonyl (C=O) groups is 3. The minimum absolute atomic E-state index is 0.0919. The number of carbonyl (C=O) groups excluding carboxylic acids is 2. The quantitative estimate of drug-likeness (QED) is 0.676. The highest BCUT2D eigenvalue weighted by atomic mass is 16.4. The highest BCUT2D eigenvalue weighted by molar-refractivity contribution is 5.94. The van der Waals surface area contributed by atoms with Crippen molar-refractivity contribution >= 4 is 17.8 Å². The molecule has 20 heavy (non-hydrogen) atoms. The topological polar surface area (TPSA) is 109 Å². The van der Waals surface area contributed by atoms with Crippen LogP contribution in [0.4, 0.5) is 0 Å². The van der Waals surface area contributed by atoms with Gasteiger partial charge in [0.1, 0.15) is 0 Å². The van der Waals surface area contributed by atoms with E-state index in [-0.39, 0.29) is 30.7 Å². The predicted molar refractivity (Wildman–Crippen MR) is 73.1 cm³/mol. The second-order valence-corrected chi connectivity index (χ2v) is 4.60. The largest absolute Gasteiger partial charge is 0.481 e. The van der Waals surface area contributed by atoms with E-state index in [0.717, 1.165) is 5.56 Å². The Hall–Kier alpha value is -2.37. The molecule has 1 aromatic carbocycles. The smallest absolute Gasteiger partial charge is 0.305 e. The summed E-state index contributed by atoms with van der Waals surface area (Å²) >= 11 is 0. The van der Waals surface area contributed by atoms with Gasteiger partial charge in [-0.05, 0) is 24.1 Å². The maximum Gasteiger partial charge on any atom is 0.305 e.